The molecule has 2 heterocycles. The minimum Gasteiger partial charge on any atom is -0.486 e. The molecule has 1 unspecified atom stereocenters. The number of carbonyl (C=O) groups is 2. The number of benzene rings is 1. The molecule has 1 fully saturated rings. The molecule has 2 aliphatic rings. The first-order chi connectivity index (χ1) is 13.0. The first-order valence-electron chi connectivity index (χ1n) is 9.22. The van der Waals surface area contributed by atoms with Crippen LogP contribution in [0.2, 0.25) is 0 Å². The second kappa shape index (κ2) is 8.35. The number of amides is 1. The average Bonchev–Trinajstić information content (AvgIpc) is 2.67. The van der Waals surface area contributed by atoms with Crippen LogP contribution >= 0.6 is 11.6 Å². The van der Waals surface area contributed by atoms with Crippen LogP contribution in [0.1, 0.15) is 36.5 Å². The molecule has 1 aromatic rings. The fraction of sp³-hybridized carbons (Fsp3) is 0.579. The number of alkyl halides is 1. The Hall–Kier alpha value is -1.99. The van der Waals surface area contributed by atoms with Crippen LogP contribution in [0.15, 0.2) is 18.2 Å². The number of rotatable bonds is 5. The van der Waals surface area contributed by atoms with Crippen molar-refractivity contribution in [1.82, 2.24) is 4.90 Å². The number of likely N-dealkylation sites (tertiary alicyclic amines) is 1. The van der Waals surface area contributed by atoms with Crippen LogP contribution in [-0.2, 0) is 4.74 Å². The molecule has 0 saturated carbocycles. The highest BCUT2D eigenvalue weighted by Crippen LogP contribution is 2.40. The summed E-state index contributed by atoms with van der Waals surface area (Å²) in [5.41, 5.74) is 0.721. The van der Waals surface area contributed by atoms with Crippen LogP contribution in [-0.4, -0.2) is 65.7 Å². The van der Waals surface area contributed by atoms with Crippen molar-refractivity contribution < 1.29 is 24.2 Å². The predicted molar refractivity (Wildman–Crippen MR) is 102 cm³/mol. The smallest absolute Gasteiger partial charge is 0.409 e. The molecule has 1 atom stereocenters. The lowest BCUT2D eigenvalue weighted by Crippen LogP contribution is -2.52. The zero-order chi connectivity index (χ0) is 19.4. The number of aliphatic hydroxyl groups excluding tert-OH is 1. The van der Waals surface area contributed by atoms with Gasteiger partial charge < -0.3 is 24.8 Å². The van der Waals surface area contributed by atoms with Gasteiger partial charge in [-0.3, -0.25) is 4.79 Å². The number of anilines is 1. The summed E-state index contributed by atoms with van der Waals surface area (Å²) in [6.07, 6.45) is 0.523. The van der Waals surface area contributed by atoms with Crippen molar-refractivity contribution in [1.29, 1.82) is 0 Å². The van der Waals surface area contributed by atoms with E-state index >= 15 is 0 Å². The SMILES string of the molecule is CCOC(=O)N1CCC2(CC1)CC(=O)c1cc(NCC(O)CCl)ccc1O2. The third-order valence-electron chi connectivity index (χ3n) is 5.01. The van der Waals surface area contributed by atoms with Crippen molar-refractivity contribution in [2.24, 2.45) is 0 Å². The van der Waals surface area contributed by atoms with Crippen LogP contribution in [0, 0.1) is 0 Å². The molecule has 1 spiro atoms. The number of carbonyl (C=O) groups excluding carboxylic acids is 2. The summed E-state index contributed by atoms with van der Waals surface area (Å²) < 4.78 is 11.3. The Morgan fingerprint density at radius 2 is 2.19 bits per heavy atom. The molecule has 1 saturated heterocycles. The van der Waals surface area contributed by atoms with Crippen molar-refractivity contribution in [3.8, 4) is 5.75 Å². The van der Waals surface area contributed by atoms with Gasteiger partial charge in [-0.2, -0.15) is 0 Å². The monoisotopic (exact) mass is 396 g/mol. The number of halogens is 1. The number of aliphatic hydroxyl groups is 1. The maximum Gasteiger partial charge on any atom is 0.409 e. The molecule has 1 amide bonds. The lowest BCUT2D eigenvalue weighted by molar-refractivity contribution is -0.00857. The zero-order valence-electron chi connectivity index (χ0n) is 15.4. The fourth-order valence-corrected chi connectivity index (χ4v) is 3.59. The molecule has 2 aliphatic heterocycles. The summed E-state index contributed by atoms with van der Waals surface area (Å²) in [5.74, 6) is 0.743. The Kier molecular flexibility index (Phi) is 6.11. The topological polar surface area (TPSA) is 88.1 Å². The summed E-state index contributed by atoms with van der Waals surface area (Å²) in [7, 11) is 0. The second-order valence-electron chi connectivity index (χ2n) is 6.97. The van der Waals surface area contributed by atoms with Gasteiger partial charge in [-0.1, -0.05) is 0 Å². The summed E-state index contributed by atoms with van der Waals surface area (Å²) >= 11 is 5.59. The molecular formula is C19H25ClN2O5. The Bertz CT molecular complexity index is 703. The van der Waals surface area contributed by atoms with Crippen molar-refractivity contribution >= 4 is 29.2 Å². The van der Waals surface area contributed by atoms with E-state index in [1.165, 1.54) is 0 Å². The number of piperidine rings is 1. The van der Waals surface area contributed by atoms with Gasteiger partial charge in [0.15, 0.2) is 5.78 Å². The number of hydrogen-bond donors (Lipinski definition) is 2. The van der Waals surface area contributed by atoms with Gasteiger partial charge in [0.1, 0.15) is 11.4 Å². The summed E-state index contributed by atoms with van der Waals surface area (Å²) in [5, 5.41) is 12.6. The Balaban J connectivity index is 1.66. The average molecular weight is 397 g/mol. The van der Waals surface area contributed by atoms with Crippen molar-refractivity contribution in [2.45, 2.75) is 37.9 Å². The molecule has 7 nitrogen and oxygen atoms in total. The standard InChI is InChI=1S/C19H25ClN2O5/c1-2-26-18(25)22-7-5-19(6-8-22)10-16(24)15-9-13(3-4-17(15)27-19)21-12-14(23)11-20/h3-4,9,14,21,23H,2,5-8,10-12H2,1H3. The van der Waals surface area contributed by atoms with Gasteiger partial charge in [-0.15, -0.1) is 11.6 Å². The van der Waals surface area contributed by atoms with E-state index in [0.717, 1.165) is 5.69 Å². The van der Waals surface area contributed by atoms with Crippen LogP contribution in [0.4, 0.5) is 10.5 Å². The number of nitrogens with zero attached hydrogens (tertiary/aromatic N) is 1. The van der Waals surface area contributed by atoms with Gasteiger partial charge in [-0.05, 0) is 25.1 Å². The third kappa shape index (κ3) is 4.47. The number of Topliss-reactive ketones (excluding diaryl/α,β-unsaturated/α-hetero) is 1. The summed E-state index contributed by atoms with van der Waals surface area (Å²) in [6.45, 7) is 3.46. The molecular weight excluding hydrogens is 372 g/mol. The number of ketones is 1. The molecule has 3 rings (SSSR count). The largest absolute Gasteiger partial charge is 0.486 e. The molecule has 0 aromatic heterocycles. The van der Waals surface area contributed by atoms with Crippen LogP contribution < -0.4 is 10.1 Å². The van der Waals surface area contributed by atoms with Crippen molar-refractivity contribution in [2.75, 3.05) is 37.4 Å². The molecule has 0 bridgehead atoms. The highest BCUT2D eigenvalue weighted by molar-refractivity contribution is 6.18. The molecule has 0 aliphatic carbocycles. The maximum atomic E-state index is 12.7. The van der Waals surface area contributed by atoms with E-state index in [-0.39, 0.29) is 17.8 Å². The minimum absolute atomic E-state index is 0.0300. The molecule has 27 heavy (non-hydrogen) atoms. The highest BCUT2D eigenvalue weighted by Gasteiger charge is 2.44. The molecule has 0 radical (unpaired) electrons. The molecule has 8 heteroatoms. The quantitative estimate of drug-likeness (QED) is 0.744. The van der Waals surface area contributed by atoms with Crippen molar-refractivity contribution in [3.05, 3.63) is 23.8 Å². The molecule has 148 valence electrons. The van der Waals surface area contributed by atoms with Crippen molar-refractivity contribution in [3.63, 3.8) is 0 Å². The summed E-state index contributed by atoms with van der Waals surface area (Å²) in [4.78, 5) is 26.3. The van der Waals surface area contributed by atoms with E-state index in [9.17, 15) is 14.7 Å². The van der Waals surface area contributed by atoms with E-state index in [2.05, 4.69) is 5.32 Å². The predicted octanol–water partition coefficient (Wildman–Crippen LogP) is 2.65. The Morgan fingerprint density at radius 3 is 2.85 bits per heavy atom. The van der Waals surface area contributed by atoms with Gasteiger partial charge in [0.05, 0.1) is 30.6 Å². The van der Waals surface area contributed by atoms with E-state index < -0.39 is 11.7 Å². The van der Waals surface area contributed by atoms with E-state index in [4.69, 9.17) is 21.1 Å². The fourth-order valence-electron chi connectivity index (χ4n) is 3.48. The molecule has 2 N–H and O–H groups in total. The van der Waals surface area contributed by atoms with Gasteiger partial charge in [0.25, 0.3) is 0 Å². The minimum atomic E-state index is -0.650. The first kappa shape index (κ1) is 19.8. The first-order valence-corrected chi connectivity index (χ1v) is 9.75. The normalized spacial score (nSPS) is 19.2. The van der Waals surface area contributed by atoms with Crippen LogP contribution in [0.25, 0.3) is 0 Å². The number of nitrogens with one attached hydrogen (secondary N) is 1. The van der Waals surface area contributed by atoms with Gasteiger partial charge in [0, 0.05) is 38.2 Å². The Morgan fingerprint density at radius 1 is 1.44 bits per heavy atom. The number of hydrogen-bond acceptors (Lipinski definition) is 6. The van der Waals surface area contributed by atoms with E-state index in [1.54, 1.807) is 24.0 Å². The number of ether oxygens (including phenoxy) is 2. The zero-order valence-corrected chi connectivity index (χ0v) is 16.1. The molecule has 1 aromatic carbocycles. The summed E-state index contributed by atoms with van der Waals surface area (Å²) in [6, 6.07) is 5.35. The van der Waals surface area contributed by atoms with E-state index in [0.29, 0.717) is 56.8 Å². The lowest BCUT2D eigenvalue weighted by Gasteiger charge is -2.43. The second-order valence-corrected chi connectivity index (χ2v) is 7.28. The van der Waals surface area contributed by atoms with E-state index in [1.807, 2.05) is 6.07 Å². The van der Waals surface area contributed by atoms with Gasteiger partial charge in [-0.25, -0.2) is 4.79 Å². The third-order valence-corrected chi connectivity index (χ3v) is 5.37. The van der Waals surface area contributed by atoms with Crippen LogP contribution in [0.3, 0.4) is 0 Å². The Labute approximate surface area is 163 Å². The lowest BCUT2D eigenvalue weighted by atomic mass is 9.82. The van der Waals surface area contributed by atoms with Gasteiger partial charge in [0.2, 0.25) is 0 Å². The van der Waals surface area contributed by atoms with Crippen LogP contribution in [0.5, 0.6) is 5.75 Å². The maximum absolute atomic E-state index is 12.7. The number of fused-ring (bicyclic) bond motifs is 1. The highest BCUT2D eigenvalue weighted by atomic mass is 35.5. The van der Waals surface area contributed by atoms with Gasteiger partial charge >= 0.3 is 6.09 Å².